The van der Waals surface area contributed by atoms with Crippen LogP contribution in [0, 0.1) is 17.8 Å². The zero-order chi connectivity index (χ0) is 7.56. The summed E-state index contributed by atoms with van der Waals surface area (Å²) in [5.41, 5.74) is 0. The Bertz CT molecular complexity index is 94.2. The molecule has 0 amide bonds. The Kier molecular flexibility index (Phi) is 2.76. The van der Waals surface area contributed by atoms with Crippen molar-refractivity contribution in [3.05, 3.63) is 0 Å². The van der Waals surface area contributed by atoms with E-state index in [1.54, 1.807) is 0 Å². The molecule has 0 radical (unpaired) electrons. The molecule has 10 heavy (non-hydrogen) atoms. The molecular formula is C10H20. The maximum absolute atomic E-state index is 2.42. The molecule has 0 bridgehead atoms. The molecule has 1 aliphatic carbocycles. The Balaban J connectivity index is 2.40. The highest BCUT2D eigenvalue weighted by molar-refractivity contribution is 4.74. The fraction of sp³-hybridized carbons (Fsp3) is 1.00. The van der Waals surface area contributed by atoms with Gasteiger partial charge >= 0.3 is 0 Å². The van der Waals surface area contributed by atoms with Gasteiger partial charge in [0.2, 0.25) is 0 Å². The SMILES string of the molecule is CC(C)[C@H]1CCCC[C@H]1C. The molecule has 0 aromatic carbocycles. The lowest BCUT2D eigenvalue weighted by molar-refractivity contribution is 0.196. The van der Waals surface area contributed by atoms with E-state index in [0.717, 1.165) is 17.8 Å². The van der Waals surface area contributed by atoms with Crippen LogP contribution < -0.4 is 0 Å². The second-order valence-electron chi connectivity index (χ2n) is 4.17. The second-order valence-corrected chi connectivity index (χ2v) is 4.17. The first-order valence-electron chi connectivity index (χ1n) is 4.72. The molecule has 0 heterocycles. The lowest BCUT2D eigenvalue weighted by Crippen LogP contribution is -2.21. The van der Waals surface area contributed by atoms with Gasteiger partial charge in [0.05, 0.1) is 0 Å². The van der Waals surface area contributed by atoms with E-state index in [-0.39, 0.29) is 0 Å². The molecule has 0 heteroatoms. The number of hydrogen-bond acceptors (Lipinski definition) is 0. The van der Waals surface area contributed by atoms with Crippen molar-refractivity contribution in [2.45, 2.75) is 46.5 Å². The third-order valence-electron chi connectivity index (χ3n) is 3.03. The van der Waals surface area contributed by atoms with E-state index >= 15 is 0 Å². The standard InChI is InChI=1S/C10H20/c1-8(2)10-7-5-4-6-9(10)3/h8-10H,4-7H2,1-3H3/t9-,10-/m1/s1. The topological polar surface area (TPSA) is 0 Å². The van der Waals surface area contributed by atoms with Crippen molar-refractivity contribution in [3.8, 4) is 0 Å². The molecule has 0 N–H and O–H groups in total. The molecule has 0 aromatic rings. The third kappa shape index (κ3) is 1.74. The highest BCUT2D eigenvalue weighted by atomic mass is 14.3. The van der Waals surface area contributed by atoms with Crippen LogP contribution in [0.4, 0.5) is 0 Å². The van der Waals surface area contributed by atoms with Crippen LogP contribution in [-0.4, -0.2) is 0 Å². The van der Waals surface area contributed by atoms with E-state index in [2.05, 4.69) is 20.8 Å². The molecule has 0 spiro atoms. The minimum Gasteiger partial charge on any atom is -0.0625 e. The quantitative estimate of drug-likeness (QED) is 0.523. The molecule has 0 nitrogen and oxygen atoms in total. The fourth-order valence-electron chi connectivity index (χ4n) is 2.34. The van der Waals surface area contributed by atoms with E-state index in [1.165, 1.54) is 25.7 Å². The molecule has 1 fully saturated rings. The summed E-state index contributed by atoms with van der Waals surface area (Å²) < 4.78 is 0. The molecule has 1 aliphatic rings. The van der Waals surface area contributed by atoms with Crippen LogP contribution in [0.5, 0.6) is 0 Å². The highest BCUT2D eigenvalue weighted by Crippen LogP contribution is 2.34. The molecule has 0 saturated heterocycles. The highest BCUT2D eigenvalue weighted by Gasteiger charge is 2.23. The van der Waals surface area contributed by atoms with Gasteiger partial charge in [0, 0.05) is 0 Å². The maximum Gasteiger partial charge on any atom is -0.0365 e. The average molecular weight is 140 g/mol. The molecule has 1 rings (SSSR count). The Morgan fingerprint density at radius 3 is 2.10 bits per heavy atom. The Labute approximate surface area is 65.0 Å². The van der Waals surface area contributed by atoms with Gasteiger partial charge in [0.1, 0.15) is 0 Å². The Morgan fingerprint density at radius 1 is 1.10 bits per heavy atom. The number of hydrogen-bond donors (Lipinski definition) is 0. The van der Waals surface area contributed by atoms with Crippen molar-refractivity contribution >= 4 is 0 Å². The smallest absolute Gasteiger partial charge is 0.0365 e. The molecule has 1 saturated carbocycles. The predicted molar refractivity (Wildman–Crippen MR) is 46.0 cm³/mol. The second kappa shape index (κ2) is 3.41. The van der Waals surface area contributed by atoms with Crippen LogP contribution in [0.2, 0.25) is 0 Å². The first-order chi connectivity index (χ1) is 4.72. The minimum atomic E-state index is 0.912. The van der Waals surface area contributed by atoms with Crippen LogP contribution in [0.15, 0.2) is 0 Å². The summed E-state index contributed by atoms with van der Waals surface area (Å²) in [5.74, 6) is 2.93. The van der Waals surface area contributed by atoms with Gasteiger partial charge in [-0.2, -0.15) is 0 Å². The van der Waals surface area contributed by atoms with E-state index < -0.39 is 0 Å². The monoisotopic (exact) mass is 140 g/mol. The maximum atomic E-state index is 2.42. The summed E-state index contributed by atoms with van der Waals surface area (Å²) >= 11 is 0. The summed E-state index contributed by atoms with van der Waals surface area (Å²) in [6.07, 6.45) is 5.92. The predicted octanol–water partition coefficient (Wildman–Crippen LogP) is 3.47. The summed E-state index contributed by atoms with van der Waals surface area (Å²) in [7, 11) is 0. The van der Waals surface area contributed by atoms with Gasteiger partial charge in [-0.3, -0.25) is 0 Å². The van der Waals surface area contributed by atoms with Crippen molar-refractivity contribution < 1.29 is 0 Å². The summed E-state index contributed by atoms with van der Waals surface area (Å²) in [5, 5.41) is 0. The van der Waals surface area contributed by atoms with Gasteiger partial charge < -0.3 is 0 Å². The summed E-state index contributed by atoms with van der Waals surface area (Å²) in [6, 6.07) is 0. The molecule has 0 unspecified atom stereocenters. The third-order valence-corrected chi connectivity index (χ3v) is 3.03. The lowest BCUT2D eigenvalue weighted by Gasteiger charge is -2.31. The zero-order valence-corrected chi connectivity index (χ0v) is 7.56. The molecule has 60 valence electrons. The van der Waals surface area contributed by atoms with Crippen LogP contribution in [-0.2, 0) is 0 Å². The van der Waals surface area contributed by atoms with Crippen molar-refractivity contribution in [1.82, 2.24) is 0 Å². The van der Waals surface area contributed by atoms with Crippen LogP contribution in [0.25, 0.3) is 0 Å². The molecule has 2 atom stereocenters. The normalized spacial score (nSPS) is 34.8. The van der Waals surface area contributed by atoms with E-state index in [0.29, 0.717) is 0 Å². The molecular weight excluding hydrogens is 120 g/mol. The molecule has 0 aromatic heterocycles. The van der Waals surface area contributed by atoms with Crippen molar-refractivity contribution in [2.24, 2.45) is 17.8 Å². The van der Waals surface area contributed by atoms with Crippen LogP contribution in [0.3, 0.4) is 0 Å². The van der Waals surface area contributed by atoms with Gasteiger partial charge in [-0.05, 0) is 24.2 Å². The first-order valence-corrected chi connectivity index (χ1v) is 4.72. The fourth-order valence-corrected chi connectivity index (χ4v) is 2.34. The number of rotatable bonds is 1. The summed E-state index contributed by atoms with van der Waals surface area (Å²) in [4.78, 5) is 0. The van der Waals surface area contributed by atoms with Gasteiger partial charge in [0.15, 0.2) is 0 Å². The average Bonchev–Trinajstić information content (AvgIpc) is 1.88. The van der Waals surface area contributed by atoms with Gasteiger partial charge in [0.25, 0.3) is 0 Å². The Morgan fingerprint density at radius 2 is 1.70 bits per heavy atom. The molecule has 0 aliphatic heterocycles. The van der Waals surface area contributed by atoms with Gasteiger partial charge in [-0.1, -0.05) is 40.0 Å². The van der Waals surface area contributed by atoms with Crippen LogP contribution >= 0.6 is 0 Å². The van der Waals surface area contributed by atoms with Crippen molar-refractivity contribution in [1.29, 1.82) is 0 Å². The zero-order valence-electron chi connectivity index (χ0n) is 7.56. The van der Waals surface area contributed by atoms with E-state index in [9.17, 15) is 0 Å². The Hall–Kier alpha value is 0. The minimum absolute atomic E-state index is 0.912. The van der Waals surface area contributed by atoms with E-state index in [4.69, 9.17) is 0 Å². The lowest BCUT2D eigenvalue weighted by atomic mass is 9.75. The first kappa shape index (κ1) is 8.10. The van der Waals surface area contributed by atoms with Crippen molar-refractivity contribution in [2.75, 3.05) is 0 Å². The van der Waals surface area contributed by atoms with Crippen molar-refractivity contribution in [3.63, 3.8) is 0 Å². The summed E-state index contributed by atoms with van der Waals surface area (Å²) in [6.45, 7) is 7.16. The van der Waals surface area contributed by atoms with Gasteiger partial charge in [-0.25, -0.2) is 0 Å². The van der Waals surface area contributed by atoms with Gasteiger partial charge in [-0.15, -0.1) is 0 Å². The van der Waals surface area contributed by atoms with E-state index in [1.807, 2.05) is 0 Å². The largest absolute Gasteiger partial charge is 0.0625 e. The van der Waals surface area contributed by atoms with Crippen LogP contribution in [0.1, 0.15) is 46.5 Å².